The topological polar surface area (TPSA) is 17.1 Å². The lowest BCUT2D eigenvalue weighted by Crippen LogP contribution is -2.54. The van der Waals surface area contributed by atoms with Gasteiger partial charge in [0.2, 0.25) is 0 Å². The highest BCUT2D eigenvalue weighted by Crippen LogP contribution is 2.65. The molecule has 0 aromatic heterocycles. The highest BCUT2D eigenvalue weighted by Gasteiger charge is 2.58. The Hall–Kier alpha value is -0.380. The van der Waals surface area contributed by atoms with E-state index in [0.29, 0.717) is 17.6 Å². The molecule has 2 unspecified atom stereocenters. The molecule has 0 heterocycles. The lowest BCUT2D eigenvalue weighted by atomic mass is 9.43. The van der Waals surface area contributed by atoms with Crippen LogP contribution in [0.5, 0.6) is 0 Å². The van der Waals surface area contributed by atoms with Crippen molar-refractivity contribution in [3.63, 3.8) is 0 Å². The molecule has 1 aromatic carbocycles. The van der Waals surface area contributed by atoms with Gasteiger partial charge < -0.3 is 0 Å². The molecule has 0 aliphatic heterocycles. The molecule has 0 N–H and O–H groups in total. The average molecular weight is 394 g/mol. The van der Waals surface area contributed by atoms with Crippen LogP contribution in [0.25, 0.3) is 0 Å². The molecule has 4 aliphatic carbocycles. The van der Waals surface area contributed by atoms with E-state index in [-0.39, 0.29) is 5.41 Å². The van der Waals surface area contributed by atoms with E-state index in [9.17, 15) is 4.79 Å². The summed E-state index contributed by atoms with van der Waals surface area (Å²) in [6, 6.07) is 8.48. The van der Waals surface area contributed by atoms with Crippen LogP contribution >= 0.6 is 22.6 Å². The molecule has 0 amide bonds. The van der Waals surface area contributed by atoms with E-state index in [1.807, 2.05) is 0 Å². The van der Waals surface area contributed by atoms with Gasteiger partial charge in [-0.2, -0.15) is 0 Å². The van der Waals surface area contributed by atoms with Crippen LogP contribution in [0.1, 0.15) is 51.0 Å². The number of hydrogen-bond acceptors (Lipinski definition) is 1. The van der Waals surface area contributed by atoms with Crippen molar-refractivity contribution in [3.8, 4) is 0 Å². The summed E-state index contributed by atoms with van der Waals surface area (Å²) in [5, 5.41) is 0. The van der Waals surface area contributed by atoms with Gasteiger partial charge in [0.1, 0.15) is 5.78 Å². The zero-order valence-corrected chi connectivity index (χ0v) is 14.9. The Balaban J connectivity index is 1.57. The summed E-state index contributed by atoms with van der Waals surface area (Å²) in [7, 11) is 0. The fourth-order valence-corrected chi connectivity index (χ4v) is 6.38. The van der Waals surface area contributed by atoms with Gasteiger partial charge in [0, 0.05) is 15.4 Å². The van der Waals surface area contributed by atoms with Crippen molar-refractivity contribution < 1.29 is 4.79 Å². The van der Waals surface area contributed by atoms with Gasteiger partial charge in [0.05, 0.1) is 0 Å². The molecule has 4 fully saturated rings. The van der Waals surface area contributed by atoms with Gasteiger partial charge in [0.25, 0.3) is 0 Å². The monoisotopic (exact) mass is 394 g/mol. The van der Waals surface area contributed by atoms with Crippen LogP contribution < -0.4 is 0 Å². The summed E-state index contributed by atoms with van der Waals surface area (Å²) >= 11 is 2.32. The molecular formula is C19H23IO. The maximum absolute atomic E-state index is 13.1. The Morgan fingerprint density at radius 1 is 1.14 bits per heavy atom. The van der Waals surface area contributed by atoms with Crippen molar-refractivity contribution in [1.82, 2.24) is 0 Å². The van der Waals surface area contributed by atoms with Crippen LogP contribution in [0.3, 0.4) is 0 Å². The average Bonchev–Trinajstić information content (AvgIpc) is 2.38. The maximum atomic E-state index is 13.1. The summed E-state index contributed by atoms with van der Waals surface area (Å²) in [5.74, 6) is 2.19. The molecule has 0 spiro atoms. The number of Topliss-reactive ketones (excluding diaryl/α,β-unsaturated/α-hetero) is 1. The van der Waals surface area contributed by atoms with Crippen molar-refractivity contribution in [2.75, 3.05) is 0 Å². The number of ketones is 1. The van der Waals surface area contributed by atoms with Crippen LogP contribution in [0.2, 0.25) is 0 Å². The van der Waals surface area contributed by atoms with Crippen molar-refractivity contribution in [3.05, 3.63) is 33.4 Å². The van der Waals surface area contributed by atoms with E-state index in [2.05, 4.69) is 53.8 Å². The first-order valence-corrected chi connectivity index (χ1v) is 9.32. The minimum atomic E-state index is 0.0296. The molecule has 2 atom stereocenters. The minimum Gasteiger partial charge on any atom is -0.299 e. The number of halogens is 1. The summed E-state index contributed by atoms with van der Waals surface area (Å²) in [6.07, 6.45) is 8.32. The van der Waals surface area contributed by atoms with Gasteiger partial charge >= 0.3 is 0 Å². The van der Waals surface area contributed by atoms with E-state index < -0.39 is 0 Å². The summed E-state index contributed by atoms with van der Waals surface area (Å²) < 4.78 is 1.24. The molecule has 112 valence electrons. The first-order chi connectivity index (χ1) is 9.96. The fraction of sp³-hybridized carbons (Fsp3) is 0.632. The van der Waals surface area contributed by atoms with E-state index >= 15 is 0 Å². The second-order valence-electron chi connectivity index (χ2n) is 8.28. The van der Waals surface area contributed by atoms with Crippen molar-refractivity contribution in [2.45, 2.75) is 51.9 Å². The maximum Gasteiger partial charge on any atom is 0.143 e. The second-order valence-corrected chi connectivity index (χ2v) is 9.52. The van der Waals surface area contributed by atoms with Gasteiger partial charge in [-0.05, 0) is 96.1 Å². The molecule has 1 nitrogen and oxygen atoms in total. The van der Waals surface area contributed by atoms with Crippen LogP contribution in [0, 0.1) is 26.2 Å². The molecule has 4 saturated carbocycles. The predicted molar refractivity (Wildman–Crippen MR) is 93.1 cm³/mol. The molecule has 5 rings (SSSR count). The quantitative estimate of drug-likeness (QED) is 0.659. The number of hydrogen-bond donors (Lipinski definition) is 0. The molecule has 4 bridgehead atoms. The zero-order chi connectivity index (χ0) is 14.7. The molecular weight excluding hydrogens is 371 g/mol. The third-order valence-corrected chi connectivity index (χ3v) is 6.94. The second kappa shape index (κ2) is 4.81. The SMILES string of the molecule is CC12CC3CC(C1)CC(C(=O)Cc1ccc(I)cc1)(C3)C2. The van der Waals surface area contributed by atoms with E-state index in [1.54, 1.807) is 0 Å². The molecule has 1 aromatic rings. The lowest BCUT2D eigenvalue weighted by Gasteiger charge is -2.60. The lowest BCUT2D eigenvalue weighted by molar-refractivity contribution is -0.152. The van der Waals surface area contributed by atoms with Crippen LogP contribution in [-0.4, -0.2) is 5.78 Å². The summed E-state index contributed by atoms with van der Waals surface area (Å²) in [4.78, 5) is 13.1. The van der Waals surface area contributed by atoms with Gasteiger partial charge in [-0.25, -0.2) is 0 Å². The molecule has 4 aliphatic rings. The van der Waals surface area contributed by atoms with Gasteiger partial charge in [-0.1, -0.05) is 19.1 Å². The Morgan fingerprint density at radius 3 is 2.33 bits per heavy atom. The zero-order valence-electron chi connectivity index (χ0n) is 12.7. The Kier molecular flexibility index (Phi) is 3.26. The number of carbonyl (C=O) groups is 1. The van der Waals surface area contributed by atoms with Gasteiger partial charge in [0.15, 0.2) is 0 Å². The highest BCUT2D eigenvalue weighted by atomic mass is 127. The summed E-state index contributed by atoms with van der Waals surface area (Å²) in [6.45, 7) is 2.44. The number of benzene rings is 1. The third kappa shape index (κ3) is 2.47. The van der Waals surface area contributed by atoms with Crippen molar-refractivity contribution >= 4 is 28.4 Å². The molecule has 0 saturated heterocycles. The van der Waals surface area contributed by atoms with E-state index in [1.165, 1.54) is 41.2 Å². The largest absolute Gasteiger partial charge is 0.299 e. The number of carbonyl (C=O) groups excluding carboxylic acids is 1. The Labute approximate surface area is 141 Å². The van der Waals surface area contributed by atoms with Crippen molar-refractivity contribution in [1.29, 1.82) is 0 Å². The van der Waals surface area contributed by atoms with Crippen LogP contribution in [-0.2, 0) is 11.2 Å². The third-order valence-electron chi connectivity index (χ3n) is 6.22. The van der Waals surface area contributed by atoms with Gasteiger partial charge in [-0.15, -0.1) is 0 Å². The molecule has 21 heavy (non-hydrogen) atoms. The predicted octanol–water partition coefficient (Wildman–Crippen LogP) is 5.01. The Morgan fingerprint density at radius 2 is 1.76 bits per heavy atom. The standard InChI is InChI=1S/C19H23IO/c1-18-8-14-6-15(9-18)11-19(10-14,12-18)17(21)7-13-2-4-16(20)5-3-13/h2-5,14-15H,6-12H2,1H3. The minimum absolute atomic E-state index is 0.0296. The van der Waals surface area contributed by atoms with Crippen LogP contribution in [0.4, 0.5) is 0 Å². The van der Waals surface area contributed by atoms with Gasteiger partial charge in [-0.3, -0.25) is 4.79 Å². The Bertz CT molecular complexity index is 560. The van der Waals surface area contributed by atoms with E-state index in [4.69, 9.17) is 0 Å². The first kappa shape index (κ1) is 14.2. The first-order valence-electron chi connectivity index (χ1n) is 8.24. The number of rotatable bonds is 3. The highest BCUT2D eigenvalue weighted by molar-refractivity contribution is 14.1. The fourth-order valence-electron chi connectivity index (χ4n) is 6.02. The normalized spacial score (nSPS) is 40.5. The van der Waals surface area contributed by atoms with Crippen molar-refractivity contribution in [2.24, 2.45) is 22.7 Å². The van der Waals surface area contributed by atoms with Crippen LogP contribution in [0.15, 0.2) is 24.3 Å². The summed E-state index contributed by atoms with van der Waals surface area (Å²) in [5.41, 5.74) is 1.69. The molecule has 0 radical (unpaired) electrons. The van der Waals surface area contributed by atoms with E-state index in [0.717, 1.165) is 18.3 Å². The molecule has 2 heteroatoms. The smallest absolute Gasteiger partial charge is 0.143 e.